The largest absolute Gasteiger partial charge is 1.00 e. The number of hydrogen-bond acceptors (Lipinski definition) is 13. The van der Waals surface area contributed by atoms with Crippen LogP contribution in [0.4, 0.5) is 5.13 Å². The number of rotatable bonds is 7. The second-order valence-corrected chi connectivity index (χ2v) is 8.64. The van der Waals surface area contributed by atoms with Crippen LogP contribution in [0.5, 0.6) is 5.88 Å². The first kappa shape index (κ1) is 25.8. The summed E-state index contributed by atoms with van der Waals surface area (Å²) in [6, 6.07) is 0.471. The minimum atomic E-state index is -1.54. The predicted octanol–water partition coefficient (Wildman–Crippen LogP) is -3.98. The third kappa shape index (κ3) is 4.83. The molecular formula is C18H15N6NaO7S2. The molecule has 2 aliphatic rings. The summed E-state index contributed by atoms with van der Waals surface area (Å²) in [5.41, 5.74) is 5.17. The van der Waals surface area contributed by atoms with Gasteiger partial charge in [-0.3, -0.25) is 14.5 Å². The third-order valence-corrected chi connectivity index (χ3v) is 6.70. The molecule has 2 aliphatic heterocycles. The standard InChI is InChI=1S/C18H16N6O7S2.Na/c1-30-10-4-8(31-23-10)3-2-7-5-32-16-12(15(26)24(16)13(7)17(27)28)21-14(25)11(22-29)9-6-33-18(19)20-9;/h2-4,6,12,16,29H,5H2,1H3,(H2,19,20)(H,21,25)(H,27,28);/q;+1/p-1/b3-2-,22-11-;/t12-,16-;/m1./s1. The van der Waals surface area contributed by atoms with Crippen LogP contribution in [0.2, 0.25) is 0 Å². The quantitative estimate of drug-likeness (QED) is 0.107. The summed E-state index contributed by atoms with van der Waals surface area (Å²) < 4.78 is 9.95. The number of nitrogens with two attached hydrogens (primary N) is 1. The Balaban J connectivity index is 0.00000324. The van der Waals surface area contributed by atoms with Crippen molar-refractivity contribution in [2.24, 2.45) is 5.16 Å². The molecule has 172 valence electrons. The fourth-order valence-electron chi connectivity index (χ4n) is 3.21. The molecule has 34 heavy (non-hydrogen) atoms. The van der Waals surface area contributed by atoms with Crippen LogP contribution in [0.3, 0.4) is 0 Å². The van der Waals surface area contributed by atoms with Crippen LogP contribution in [0, 0.1) is 0 Å². The second kappa shape index (κ2) is 10.6. The Kier molecular flexibility index (Phi) is 8.04. The number of thiazole rings is 1. The van der Waals surface area contributed by atoms with Crippen LogP contribution >= 0.6 is 23.1 Å². The minimum Gasteiger partial charge on any atom is -0.543 e. The SMILES string of the molecule is COc1cc(/C=C\C2=C(C(=O)[O-])N3C(=O)[C@@H](NC(=O)/C(=N\O)c4csc(N)n4)[C@H]3SC2)on1.[Na+]. The predicted molar refractivity (Wildman–Crippen MR) is 114 cm³/mol. The summed E-state index contributed by atoms with van der Waals surface area (Å²) in [5.74, 6) is -2.25. The van der Waals surface area contributed by atoms with Crippen LogP contribution < -0.4 is 50.5 Å². The number of nitrogens with one attached hydrogen (secondary N) is 1. The molecule has 0 saturated carbocycles. The number of oxime groups is 1. The Hall–Kier alpha value is -2.85. The van der Waals surface area contributed by atoms with E-state index >= 15 is 0 Å². The number of anilines is 1. The third-order valence-electron chi connectivity index (χ3n) is 4.72. The van der Waals surface area contributed by atoms with E-state index in [-0.39, 0.29) is 57.7 Å². The topological polar surface area (TPSA) is 196 Å². The van der Waals surface area contributed by atoms with Gasteiger partial charge in [0.25, 0.3) is 17.7 Å². The smallest absolute Gasteiger partial charge is 0.543 e. The van der Waals surface area contributed by atoms with Gasteiger partial charge in [0.05, 0.1) is 18.8 Å². The second-order valence-electron chi connectivity index (χ2n) is 6.65. The van der Waals surface area contributed by atoms with Crippen LogP contribution in [0.1, 0.15) is 11.5 Å². The number of aromatic nitrogens is 2. The van der Waals surface area contributed by atoms with Gasteiger partial charge in [0, 0.05) is 17.2 Å². The van der Waals surface area contributed by atoms with Gasteiger partial charge in [0.15, 0.2) is 16.6 Å². The normalized spacial score (nSPS) is 20.0. The van der Waals surface area contributed by atoms with E-state index in [1.807, 2.05) is 0 Å². The molecule has 0 bridgehead atoms. The molecule has 0 radical (unpaired) electrons. The molecule has 4 N–H and O–H groups in total. The number of carbonyl (C=O) groups is 3. The molecule has 4 rings (SSSR count). The maximum absolute atomic E-state index is 12.7. The van der Waals surface area contributed by atoms with Crippen molar-refractivity contribution < 1.29 is 63.5 Å². The summed E-state index contributed by atoms with van der Waals surface area (Å²) in [5, 5.41) is 31.0. The zero-order chi connectivity index (χ0) is 23.7. The molecule has 13 nitrogen and oxygen atoms in total. The molecule has 4 heterocycles. The van der Waals surface area contributed by atoms with Crippen LogP contribution in [-0.4, -0.2) is 68.0 Å². The molecule has 1 fully saturated rings. The maximum atomic E-state index is 12.7. The van der Waals surface area contributed by atoms with Crippen molar-refractivity contribution >= 4 is 57.8 Å². The van der Waals surface area contributed by atoms with Crippen LogP contribution in [0.15, 0.2) is 38.5 Å². The van der Waals surface area contributed by atoms with Crippen LogP contribution in [0.25, 0.3) is 6.08 Å². The molecule has 1 saturated heterocycles. The van der Waals surface area contributed by atoms with Crippen LogP contribution in [-0.2, 0) is 14.4 Å². The van der Waals surface area contributed by atoms with E-state index in [2.05, 4.69) is 20.6 Å². The summed E-state index contributed by atoms with van der Waals surface area (Å²) in [7, 11) is 1.42. The first-order valence-electron chi connectivity index (χ1n) is 9.16. The van der Waals surface area contributed by atoms with E-state index in [1.54, 1.807) is 0 Å². The number of thioether (sulfide) groups is 1. The zero-order valence-electron chi connectivity index (χ0n) is 17.8. The number of hydrogen-bond donors (Lipinski definition) is 3. The van der Waals surface area contributed by atoms with Gasteiger partial charge in [-0.15, -0.1) is 23.1 Å². The van der Waals surface area contributed by atoms with Crippen molar-refractivity contribution in [2.45, 2.75) is 11.4 Å². The minimum absolute atomic E-state index is 0. The van der Waals surface area contributed by atoms with Crippen molar-refractivity contribution in [2.75, 3.05) is 18.6 Å². The van der Waals surface area contributed by atoms with E-state index < -0.39 is 34.9 Å². The fraction of sp³-hybridized carbons (Fsp3) is 0.222. The summed E-state index contributed by atoms with van der Waals surface area (Å²) in [6.07, 6.45) is 2.97. The monoisotopic (exact) mass is 514 g/mol. The summed E-state index contributed by atoms with van der Waals surface area (Å²) in [6.45, 7) is 0. The van der Waals surface area contributed by atoms with E-state index in [1.165, 1.54) is 42.5 Å². The average molecular weight is 514 g/mol. The van der Waals surface area contributed by atoms with Gasteiger partial charge in [0.1, 0.15) is 17.1 Å². The van der Waals surface area contributed by atoms with E-state index in [9.17, 15) is 24.7 Å². The summed E-state index contributed by atoms with van der Waals surface area (Å²) >= 11 is 2.29. The number of nitrogens with zero attached hydrogens (tertiary/aromatic N) is 4. The molecule has 2 aromatic rings. The molecule has 2 amide bonds. The molecular weight excluding hydrogens is 499 g/mol. The van der Waals surface area contributed by atoms with Crippen molar-refractivity contribution in [3.05, 3.63) is 40.2 Å². The number of allylic oxidation sites excluding steroid dienone is 1. The molecule has 0 aliphatic carbocycles. The van der Waals surface area contributed by atoms with E-state index in [0.29, 0.717) is 11.3 Å². The number of β-lactam (4-membered cyclic amide) rings is 1. The molecule has 16 heteroatoms. The molecule has 0 spiro atoms. The number of aliphatic carboxylic acids is 1. The van der Waals surface area contributed by atoms with Crippen molar-refractivity contribution in [3.8, 4) is 5.88 Å². The van der Waals surface area contributed by atoms with Crippen molar-refractivity contribution in [1.82, 2.24) is 20.4 Å². The Morgan fingerprint density at radius 2 is 2.24 bits per heavy atom. The van der Waals surface area contributed by atoms with E-state index in [4.69, 9.17) is 15.0 Å². The van der Waals surface area contributed by atoms with E-state index in [0.717, 1.165) is 16.2 Å². The number of carboxylic acid groups (broad SMARTS) is 1. The van der Waals surface area contributed by atoms with Gasteiger partial charge in [-0.2, -0.15) is 0 Å². The number of ether oxygens (including phenoxy) is 1. The first-order valence-corrected chi connectivity index (χ1v) is 11.1. The number of carbonyl (C=O) groups excluding carboxylic acids is 3. The Morgan fingerprint density at radius 1 is 1.47 bits per heavy atom. The van der Waals surface area contributed by atoms with Gasteiger partial charge in [0.2, 0.25) is 0 Å². The zero-order valence-corrected chi connectivity index (χ0v) is 21.4. The van der Waals surface area contributed by atoms with Crippen molar-refractivity contribution in [3.63, 3.8) is 0 Å². The number of amides is 2. The molecule has 0 unspecified atom stereocenters. The number of methoxy groups -OCH3 is 1. The Labute approximate surface area is 222 Å². The Morgan fingerprint density at radius 3 is 2.82 bits per heavy atom. The van der Waals surface area contributed by atoms with Gasteiger partial charge < -0.3 is 35.4 Å². The average Bonchev–Trinajstić information content (AvgIpc) is 3.44. The summed E-state index contributed by atoms with van der Waals surface area (Å²) in [4.78, 5) is 42.0. The van der Waals surface area contributed by atoms with Crippen molar-refractivity contribution in [1.29, 1.82) is 0 Å². The molecule has 2 atom stereocenters. The first-order chi connectivity index (χ1) is 15.8. The molecule has 0 aromatic carbocycles. The molecule has 2 aromatic heterocycles. The number of fused-ring (bicyclic) bond motifs is 1. The van der Waals surface area contributed by atoms with Gasteiger partial charge >= 0.3 is 29.6 Å². The fourth-order valence-corrected chi connectivity index (χ4v) is 5.07. The van der Waals surface area contributed by atoms with Gasteiger partial charge in [-0.05, 0) is 16.8 Å². The van der Waals surface area contributed by atoms with Gasteiger partial charge in [-0.1, -0.05) is 11.2 Å². The maximum Gasteiger partial charge on any atom is 1.00 e. The Bertz CT molecular complexity index is 1220. The number of nitrogen functional groups attached to an aromatic ring is 1. The number of carboxylic acids is 1. The van der Waals surface area contributed by atoms with Gasteiger partial charge in [-0.25, -0.2) is 4.98 Å².